The van der Waals surface area contributed by atoms with E-state index in [-0.39, 0.29) is 0 Å². The highest BCUT2D eigenvalue weighted by Gasteiger charge is 2.22. The van der Waals surface area contributed by atoms with Crippen LogP contribution in [-0.2, 0) is 5.54 Å². The Morgan fingerprint density at radius 1 is 1.35 bits per heavy atom. The van der Waals surface area contributed by atoms with Gasteiger partial charge in [-0.15, -0.1) is 0 Å². The van der Waals surface area contributed by atoms with Crippen LogP contribution in [0.4, 0.5) is 0 Å². The zero-order valence-electron chi connectivity index (χ0n) is 9.99. The lowest BCUT2D eigenvalue weighted by molar-refractivity contribution is 0.397. The Bertz CT molecular complexity index is 543. The van der Waals surface area contributed by atoms with Crippen molar-refractivity contribution in [2.45, 2.75) is 26.3 Å². The van der Waals surface area contributed by atoms with Gasteiger partial charge in [0.15, 0.2) is 5.82 Å². The van der Waals surface area contributed by atoms with Crippen molar-refractivity contribution in [3.8, 4) is 11.5 Å². The molecule has 0 bridgehead atoms. The predicted octanol–water partition coefficient (Wildman–Crippen LogP) is 3.00. The summed E-state index contributed by atoms with van der Waals surface area (Å²) in [6, 6.07) is 5.85. The highest BCUT2D eigenvalue weighted by molar-refractivity contribution is 9.10. The van der Waals surface area contributed by atoms with Crippen LogP contribution in [0.15, 0.2) is 27.2 Å². The van der Waals surface area contributed by atoms with Gasteiger partial charge in [-0.2, -0.15) is 4.98 Å². The molecule has 0 amide bonds. The molecule has 0 spiro atoms. The third kappa shape index (κ3) is 2.40. The van der Waals surface area contributed by atoms with Gasteiger partial charge in [0.1, 0.15) is 0 Å². The lowest BCUT2D eigenvalue weighted by atomic mass is 10.1. The highest BCUT2D eigenvalue weighted by atomic mass is 79.9. The summed E-state index contributed by atoms with van der Waals surface area (Å²) in [7, 11) is 0. The molecule has 1 aromatic carbocycles. The second-order valence-corrected chi connectivity index (χ2v) is 5.41. The Balaban J connectivity index is 2.48. The van der Waals surface area contributed by atoms with Crippen molar-refractivity contribution >= 4 is 15.9 Å². The van der Waals surface area contributed by atoms with Gasteiger partial charge in [0.25, 0.3) is 5.89 Å². The Morgan fingerprint density at radius 3 is 2.65 bits per heavy atom. The fourth-order valence-corrected chi connectivity index (χ4v) is 1.80. The van der Waals surface area contributed by atoms with E-state index in [2.05, 4.69) is 26.1 Å². The lowest BCUT2D eigenvalue weighted by Crippen LogP contribution is -2.30. The number of benzene rings is 1. The number of nitrogens with two attached hydrogens (primary N) is 1. The molecule has 0 unspecified atom stereocenters. The van der Waals surface area contributed by atoms with E-state index in [4.69, 9.17) is 10.3 Å². The molecule has 5 heteroatoms. The average molecular weight is 296 g/mol. The molecule has 1 heterocycles. The number of nitrogens with zero attached hydrogens (tertiary/aromatic N) is 2. The molecule has 17 heavy (non-hydrogen) atoms. The zero-order chi connectivity index (χ0) is 12.6. The third-order valence-corrected chi connectivity index (χ3v) is 3.36. The first kappa shape index (κ1) is 12.3. The summed E-state index contributed by atoms with van der Waals surface area (Å²) in [5.41, 5.74) is 7.31. The maximum atomic E-state index is 5.92. The molecule has 0 saturated heterocycles. The molecule has 0 aliphatic heterocycles. The molecule has 4 nitrogen and oxygen atoms in total. The van der Waals surface area contributed by atoms with Crippen LogP contribution in [0, 0.1) is 6.92 Å². The lowest BCUT2D eigenvalue weighted by Gasteiger charge is -2.11. The molecule has 0 radical (unpaired) electrons. The number of rotatable bonds is 2. The Kier molecular flexibility index (Phi) is 3.05. The van der Waals surface area contributed by atoms with Crippen LogP contribution in [0.2, 0.25) is 0 Å². The van der Waals surface area contributed by atoms with Crippen LogP contribution in [0.3, 0.4) is 0 Å². The van der Waals surface area contributed by atoms with Crippen LogP contribution in [0.25, 0.3) is 11.5 Å². The molecule has 0 saturated carbocycles. The summed E-state index contributed by atoms with van der Waals surface area (Å²) in [5, 5.41) is 3.91. The zero-order valence-corrected chi connectivity index (χ0v) is 11.6. The third-order valence-electron chi connectivity index (χ3n) is 2.50. The van der Waals surface area contributed by atoms with Crippen LogP contribution < -0.4 is 5.73 Å². The SMILES string of the molecule is Cc1c(Br)cccc1-c1nc(C(C)(C)N)no1. The molecular weight excluding hydrogens is 282 g/mol. The van der Waals surface area contributed by atoms with Crippen molar-refractivity contribution in [3.63, 3.8) is 0 Å². The number of hydrogen-bond donors (Lipinski definition) is 1. The summed E-state index contributed by atoms with van der Waals surface area (Å²) < 4.78 is 6.27. The molecule has 0 aliphatic carbocycles. The van der Waals surface area contributed by atoms with E-state index in [1.165, 1.54) is 0 Å². The molecule has 0 aliphatic rings. The van der Waals surface area contributed by atoms with Gasteiger partial charge < -0.3 is 10.3 Å². The minimum atomic E-state index is -0.596. The molecular formula is C12H14BrN3O. The van der Waals surface area contributed by atoms with E-state index in [1.807, 2.05) is 39.0 Å². The van der Waals surface area contributed by atoms with E-state index in [0.717, 1.165) is 15.6 Å². The van der Waals surface area contributed by atoms with Crippen molar-refractivity contribution in [3.05, 3.63) is 34.1 Å². The topological polar surface area (TPSA) is 64.9 Å². The van der Waals surface area contributed by atoms with Gasteiger partial charge in [-0.05, 0) is 38.5 Å². The number of hydrogen-bond acceptors (Lipinski definition) is 4. The second kappa shape index (κ2) is 4.23. The maximum Gasteiger partial charge on any atom is 0.258 e. The number of aromatic nitrogens is 2. The van der Waals surface area contributed by atoms with E-state index >= 15 is 0 Å². The van der Waals surface area contributed by atoms with Crippen LogP contribution >= 0.6 is 15.9 Å². The summed E-state index contributed by atoms with van der Waals surface area (Å²) in [6.45, 7) is 5.68. The van der Waals surface area contributed by atoms with E-state index < -0.39 is 5.54 Å². The van der Waals surface area contributed by atoms with Crippen molar-refractivity contribution in [1.82, 2.24) is 10.1 Å². The minimum absolute atomic E-state index is 0.498. The Morgan fingerprint density at radius 2 is 2.06 bits per heavy atom. The van der Waals surface area contributed by atoms with Gasteiger partial charge in [0, 0.05) is 10.0 Å². The average Bonchev–Trinajstić information content (AvgIpc) is 2.70. The normalized spacial score (nSPS) is 11.8. The Hall–Kier alpha value is -1.20. The Labute approximate surface area is 108 Å². The standard InChI is InChI=1S/C12H14BrN3O/c1-7-8(5-4-6-9(7)13)10-15-11(16-17-10)12(2,3)14/h4-6H,14H2,1-3H3. The van der Waals surface area contributed by atoms with Gasteiger partial charge >= 0.3 is 0 Å². The molecule has 2 rings (SSSR count). The molecule has 2 N–H and O–H groups in total. The molecule has 2 aromatic rings. The summed E-state index contributed by atoms with van der Waals surface area (Å²) >= 11 is 3.48. The monoisotopic (exact) mass is 295 g/mol. The molecule has 0 atom stereocenters. The van der Waals surface area contributed by atoms with Crippen molar-refractivity contribution < 1.29 is 4.52 Å². The summed E-state index contributed by atoms with van der Waals surface area (Å²) in [5.74, 6) is 1.00. The molecule has 90 valence electrons. The predicted molar refractivity (Wildman–Crippen MR) is 69.4 cm³/mol. The number of halogens is 1. The van der Waals surface area contributed by atoms with Crippen LogP contribution in [0.1, 0.15) is 25.2 Å². The summed E-state index contributed by atoms with van der Waals surface area (Å²) in [4.78, 5) is 4.33. The van der Waals surface area contributed by atoms with Crippen molar-refractivity contribution in [2.75, 3.05) is 0 Å². The second-order valence-electron chi connectivity index (χ2n) is 4.56. The van der Waals surface area contributed by atoms with Gasteiger partial charge in [-0.25, -0.2) is 0 Å². The van der Waals surface area contributed by atoms with Gasteiger partial charge in [0.2, 0.25) is 0 Å². The van der Waals surface area contributed by atoms with E-state index in [0.29, 0.717) is 11.7 Å². The molecule has 1 aromatic heterocycles. The fourth-order valence-electron chi connectivity index (χ4n) is 1.43. The molecule has 0 fully saturated rings. The quantitative estimate of drug-likeness (QED) is 0.925. The first-order valence-electron chi connectivity index (χ1n) is 5.28. The van der Waals surface area contributed by atoms with E-state index in [9.17, 15) is 0 Å². The maximum absolute atomic E-state index is 5.92. The smallest absolute Gasteiger partial charge is 0.258 e. The first-order valence-corrected chi connectivity index (χ1v) is 6.07. The highest BCUT2D eigenvalue weighted by Crippen LogP contribution is 2.28. The minimum Gasteiger partial charge on any atom is -0.334 e. The van der Waals surface area contributed by atoms with Gasteiger partial charge in [0.05, 0.1) is 5.54 Å². The van der Waals surface area contributed by atoms with Crippen molar-refractivity contribution in [2.24, 2.45) is 5.73 Å². The van der Waals surface area contributed by atoms with Gasteiger partial charge in [-0.3, -0.25) is 0 Å². The summed E-state index contributed by atoms with van der Waals surface area (Å²) in [6.07, 6.45) is 0. The van der Waals surface area contributed by atoms with Crippen LogP contribution in [0.5, 0.6) is 0 Å². The first-order chi connectivity index (χ1) is 7.89. The van der Waals surface area contributed by atoms with Crippen molar-refractivity contribution in [1.29, 1.82) is 0 Å². The largest absolute Gasteiger partial charge is 0.334 e. The van der Waals surface area contributed by atoms with E-state index in [1.54, 1.807) is 0 Å². The van der Waals surface area contributed by atoms with Crippen LogP contribution in [-0.4, -0.2) is 10.1 Å². The fraction of sp³-hybridized carbons (Fsp3) is 0.333. The van der Waals surface area contributed by atoms with Gasteiger partial charge in [-0.1, -0.05) is 27.2 Å².